The van der Waals surface area contributed by atoms with Crippen molar-refractivity contribution in [2.24, 2.45) is 0 Å². The summed E-state index contributed by atoms with van der Waals surface area (Å²) in [7, 11) is 3.28. The van der Waals surface area contributed by atoms with Crippen molar-refractivity contribution in [3.63, 3.8) is 0 Å². The van der Waals surface area contributed by atoms with E-state index >= 15 is 0 Å². The van der Waals surface area contributed by atoms with Crippen LogP contribution >= 0.6 is 0 Å². The number of para-hydroxylation sites is 1. The third kappa shape index (κ3) is 9.61. The zero-order valence-electron chi connectivity index (χ0n) is 29.4. The van der Waals surface area contributed by atoms with Crippen LogP contribution in [0.2, 0.25) is 0 Å². The van der Waals surface area contributed by atoms with E-state index in [9.17, 15) is 14.4 Å². The Morgan fingerprint density at radius 1 is 0.808 bits per heavy atom. The van der Waals surface area contributed by atoms with Crippen LogP contribution in [-0.2, 0) is 46.9 Å². The molecule has 1 aromatic heterocycles. The minimum Gasteiger partial charge on any atom is -0.497 e. The van der Waals surface area contributed by atoms with Crippen molar-refractivity contribution >= 4 is 17.7 Å². The maximum absolute atomic E-state index is 14.0. The Morgan fingerprint density at radius 3 is 2.13 bits per heavy atom. The van der Waals surface area contributed by atoms with Crippen molar-refractivity contribution < 1.29 is 23.9 Å². The Hall–Kier alpha value is -6.01. The molecule has 0 spiro atoms. The first kappa shape index (κ1) is 35.8. The molecule has 2 heterocycles. The van der Waals surface area contributed by atoms with Crippen LogP contribution in [0.15, 0.2) is 109 Å². The molecule has 0 bridgehead atoms. The number of hydrogen-bond donors (Lipinski definition) is 2. The van der Waals surface area contributed by atoms with E-state index in [-0.39, 0.29) is 44.3 Å². The number of benzene rings is 4. The SMILES string of the molecule is COc1cccc(CN(CCN2CC(=O)N[C@H](Cc3cn(-c4ccccc4)nn3)C(=O)NCc3ccccc3CC2=O)Cc2cccc(OC)c2)c1. The van der Waals surface area contributed by atoms with Crippen molar-refractivity contribution in [2.75, 3.05) is 33.9 Å². The molecule has 3 amide bonds. The van der Waals surface area contributed by atoms with E-state index in [4.69, 9.17) is 9.47 Å². The molecule has 1 atom stereocenters. The monoisotopic (exact) mass is 701 g/mol. The molecule has 0 unspecified atom stereocenters. The average molecular weight is 702 g/mol. The lowest BCUT2D eigenvalue weighted by molar-refractivity contribution is -0.137. The summed E-state index contributed by atoms with van der Waals surface area (Å²) in [6, 6.07) is 31.9. The standard InChI is InChI=1S/C40H43N7O5/c1-51-35-16-8-10-29(20-35)25-45(26-30-11-9-17-36(21-30)52-2)18-19-46-28-38(48)42-37(23-33-27-47(44-43-33)34-14-4-3-5-15-34)40(50)41-24-32-13-7-6-12-31(32)22-39(46)49/h3-17,20-21,27,37H,18-19,22-26,28H2,1-2H3,(H,41,50)(H,42,48)/t37-/m1/s1. The number of rotatable bonds is 12. The van der Waals surface area contributed by atoms with Gasteiger partial charge in [0.15, 0.2) is 0 Å². The van der Waals surface area contributed by atoms with E-state index in [1.165, 1.54) is 0 Å². The molecule has 4 aromatic carbocycles. The topological polar surface area (TPSA) is 131 Å². The Labute approximate surface area is 303 Å². The van der Waals surface area contributed by atoms with Gasteiger partial charge < -0.3 is 25.0 Å². The summed E-state index contributed by atoms with van der Waals surface area (Å²) in [5, 5.41) is 14.3. The van der Waals surface area contributed by atoms with E-state index < -0.39 is 11.9 Å². The third-order valence-electron chi connectivity index (χ3n) is 8.99. The van der Waals surface area contributed by atoms with Crippen LogP contribution in [0.5, 0.6) is 11.5 Å². The van der Waals surface area contributed by atoms with Crippen LogP contribution in [0.1, 0.15) is 27.9 Å². The molecule has 0 radical (unpaired) electrons. The second-order valence-electron chi connectivity index (χ2n) is 12.7. The zero-order valence-corrected chi connectivity index (χ0v) is 29.4. The van der Waals surface area contributed by atoms with Crippen LogP contribution in [-0.4, -0.2) is 82.4 Å². The molecule has 52 heavy (non-hydrogen) atoms. The Morgan fingerprint density at radius 2 is 1.46 bits per heavy atom. The Kier molecular flexibility index (Phi) is 11.9. The summed E-state index contributed by atoms with van der Waals surface area (Å²) in [5.74, 6) is 0.547. The molecule has 12 nitrogen and oxygen atoms in total. The Balaban J connectivity index is 1.23. The molecule has 5 aromatic rings. The number of carbonyl (C=O) groups excluding carboxylic acids is 3. The summed E-state index contributed by atoms with van der Waals surface area (Å²) in [4.78, 5) is 45.1. The number of aromatic nitrogens is 3. The predicted octanol–water partition coefficient (Wildman–Crippen LogP) is 3.72. The first-order valence-corrected chi connectivity index (χ1v) is 17.2. The Bertz CT molecular complexity index is 1930. The molecule has 0 saturated carbocycles. The molecule has 2 N–H and O–H groups in total. The molecule has 1 aliphatic heterocycles. The number of ether oxygens (including phenoxy) is 2. The van der Waals surface area contributed by atoms with Crippen LogP contribution in [0.3, 0.4) is 0 Å². The molecular formula is C40H43N7O5. The lowest BCUT2D eigenvalue weighted by atomic mass is 10.0. The van der Waals surface area contributed by atoms with Gasteiger partial charge in [0.2, 0.25) is 17.7 Å². The van der Waals surface area contributed by atoms with Gasteiger partial charge >= 0.3 is 0 Å². The fourth-order valence-corrected chi connectivity index (χ4v) is 6.24. The van der Waals surface area contributed by atoms with Gasteiger partial charge in [0.05, 0.1) is 44.8 Å². The molecular weight excluding hydrogens is 658 g/mol. The molecule has 6 rings (SSSR count). The number of fused-ring (bicyclic) bond motifs is 1. The highest BCUT2D eigenvalue weighted by atomic mass is 16.5. The number of hydrogen-bond acceptors (Lipinski definition) is 8. The van der Waals surface area contributed by atoms with Crippen LogP contribution < -0.4 is 20.1 Å². The minimum absolute atomic E-state index is 0.0944. The van der Waals surface area contributed by atoms with Gasteiger partial charge in [-0.15, -0.1) is 5.10 Å². The lowest BCUT2D eigenvalue weighted by Crippen LogP contribution is -2.52. The van der Waals surface area contributed by atoms with Gasteiger partial charge in [-0.25, -0.2) is 4.68 Å². The summed E-state index contributed by atoms with van der Waals surface area (Å²) in [6.45, 7) is 1.91. The van der Waals surface area contributed by atoms with E-state index in [2.05, 4.69) is 25.8 Å². The largest absolute Gasteiger partial charge is 0.497 e. The van der Waals surface area contributed by atoms with Gasteiger partial charge in [-0.1, -0.05) is 71.9 Å². The quantitative estimate of drug-likeness (QED) is 0.202. The lowest BCUT2D eigenvalue weighted by Gasteiger charge is -2.29. The van der Waals surface area contributed by atoms with Crippen molar-refractivity contribution in [3.05, 3.63) is 137 Å². The van der Waals surface area contributed by atoms with Crippen molar-refractivity contribution in [1.82, 2.24) is 35.4 Å². The van der Waals surface area contributed by atoms with Crippen molar-refractivity contribution in [3.8, 4) is 17.2 Å². The van der Waals surface area contributed by atoms with Crippen molar-refractivity contribution in [2.45, 2.75) is 38.5 Å². The van der Waals surface area contributed by atoms with Gasteiger partial charge in [-0.3, -0.25) is 19.3 Å². The summed E-state index contributed by atoms with van der Waals surface area (Å²) in [5.41, 5.74) is 5.09. The van der Waals surface area contributed by atoms with Gasteiger partial charge in [0, 0.05) is 39.1 Å². The average Bonchev–Trinajstić information content (AvgIpc) is 3.64. The predicted molar refractivity (Wildman–Crippen MR) is 196 cm³/mol. The summed E-state index contributed by atoms with van der Waals surface area (Å²) < 4.78 is 12.6. The van der Waals surface area contributed by atoms with Crippen LogP contribution in [0.25, 0.3) is 5.69 Å². The van der Waals surface area contributed by atoms with Gasteiger partial charge in [0.25, 0.3) is 0 Å². The smallest absolute Gasteiger partial charge is 0.243 e. The van der Waals surface area contributed by atoms with E-state index in [0.717, 1.165) is 39.4 Å². The number of methoxy groups -OCH3 is 2. The molecule has 12 heteroatoms. The number of amides is 3. The first-order valence-electron chi connectivity index (χ1n) is 17.2. The van der Waals surface area contributed by atoms with Crippen molar-refractivity contribution in [1.29, 1.82) is 0 Å². The molecule has 0 aliphatic carbocycles. The van der Waals surface area contributed by atoms with E-state index in [1.807, 2.05) is 103 Å². The number of carbonyl (C=O) groups is 3. The number of nitrogens with one attached hydrogen (secondary N) is 2. The molecule has 0 saturated heterocycles. The second-order valence-corrected chi connectivity index (χ2v) is 12.7. The fraction of sp³-hybridized carbons (Fsp3) is 0.275. The summed E-state index contributed by atoms with van der Waals surface area (Å²) >= 11 is 0. The first-order chi connectivity index (χ1) is 25.4. The normalized spacial score (nSPS) is 15.2. The fourth-order valence-electron chi connectivity index (χ4n) is 6.24. The van der Waals surface area contributed by atoms with E-state index in [0.29, 0.717) is 25.3 Å². The maximum Gasteiger partial charge on any atom is 0.243 e. The second kappa shape index (κ2) is 17.3. The summed E-state index contributed by atoms with van der Waals surface area (Å²) in [6.07, 6.45) is 1.96. The molecule has 0 fully saturated rings. The van der Waals surface area contributed by atoms with Gasteiger partial charge in [0.1, 0.15) is 17.5 Å². The minimum atomic E-state index is -0.936. The molecule has 268 valence electrons. The van der Waals surface area contributed by atoms with Gasteiger partial charge in [-0.2, -0.15) is 0 Å². The highest BCUT2D eigenvalue weighted by Gasteiger charge is 2.27. The zero-order chi connectivity index (χ0) is 36.3. The number of nitrogens with zero attached hydrogens (tertiary/aromatic N) is 5. The van der Waals surface area contributed by atoms with Crippen LogP contribution in [0.4, 0.5) is 0 Å². The molecule has 1 aliphatic rings. The maximum atomic E-state index is 14.0. The van der Waals surface area contributed by atoms with E-state index in [1.54, 1.807) is 30.0 Å². The van der Waals surface area contributed by atoms with Gasteiger partial charge in [-0.05, 0) is 58.7 Å². The van der Waals surface area contributed by atoms with Crippen LogP contribution in [0, 0.1) is 0 Å². The highest BCUT2D eigenvalue weighted by molar-refractivity contribution is 5.91. The third-order valence-corrected chi connectivity index (χ3v) is 8.99. The highest BCUT2D eigenvalue weighted by Crippen LogP contribution is 2.19.